The summed E-state index contributed by atoms with van der Waals surface area (Å²) in [6, 6.07) is 61.4. The lowest BCUT2D eigenvalue weighted by Crippen LogP contribution is -2.14. The Bertz CT molecular complexity index is 6360. The second-order valence-electron chi connectivity index (χ2n) is 28.9. The van der Waals surface area contributed by atoms with E-state index in [1.807, 2.05) is 134 Å². The van der Waals surface area contributed by atoms with E-state index in [2.05, 4.69) is 103 Å². The Morgan fingerprint density at radius 3 is 1.06 bits per heavy atom. The van der Waals surface area contributed by atoms with Gasteiger partial charge >= 0.3 is 19.0 Å². The molecule has 598 valence electrons. The van der Waals surface area contributed by atoms with Gasteiger partial charge in [0.2, 0.25) is 23.8 Å². The molecular weight excluding hydrogens is 1550 g/mol. The van der Waals surface area contributed by atoms with E-state index in [9.17, 15) is 35.1 Å². The smallest absolute Gasteiger partial charge is 0.416 e. The predicted molar refractivity (Wildman–Crippen MR) is 441 cm³/mol. The summed E-state index contributed by atoms with van der Waals surface area (Å²) in [4.78, 5) is 56.3. The number of fused-ring (bicyclic) bond motifs is 4. The molecule has 0 radical (unpaired) electrons. The van der Waals surface area contributed by atoms with Crippen molar-refractivity contribution in [3.05, 3.63) is 253 Å². The Labute approximate surface area is 672 Å². The molecule has 0 bridgehead atoms. The number of aromatic nitrogens is 16. The number of para-hydroxylation sites is 8. The summed E-state index contributed by atoms with van der Waals surface area (Å²) in [6.45, 7) is 3.40. The Balaban J connectivity index is 0.000000118. The standard InChI is InChI=1S/C22H19F3N6.C22H20F2N6O.C21H17F3N6.C19H18N6S/c1-21(10-11-21)19-28-15-4-2-3-5-16(15)31(19)20-29-17(26)12-18(30-20)27-14-8-6-13(7-9-14)22(23,24)25;1-22(10-11-22)19-27-15-4-2-3-5-16(15)30(19)21-28-17(25)12-18(29-21)26-13-6-8-14(9-7-13)31-20(23)24;22-21(23,24)13-7-9-14(10-8-13)26-18-11-17(25)28-20(29-18)30-16-4-2-1-3-15(16)27-19(30)12-5-6-12;1-12-21-15-5-3-4-6-16(15)25(12)19-23-17(20)11-18(24-19)22-13-7-9-14(26-2)10-8-13/h2-9,12H,10-11H2,1H3,(H3,26,27,29,30);2-9,12,20H,10-11H2,1H3,(H3,25,26,28,29);1-4,7-12H,5-6H2,(H3,25,26,28,29);3-11H,1-2H3,(H3,20,22,23,24). The SMILES string of the molecule is CC1(c2nc3ccccc3n2-c2nc(N)cc(Nc3ccc(C(F)(F)F)cc3)n2)CC1.CC1(c2nc3ccccc3n2-c2nc(N)cc(Nc3ccc(OC(F)F)cc3)n2)CC1.CSc1ccc(Nc2cc(N)nc(-n3c(C)nc4ccccc43)n2)cc1.Nc1cc(Nc2ccc(C(F)(F)F)cc2)nc(-n2c(C3CC3)nc3ccccc32)n1. The van der Waals surface area contributed by atoms with Gasteiger partial charge in [-0.3, -0.25) is 18.3 Å². The Morgan fingerprint density at radius 2 is 0.712 bits per heavy atom. The molecule has 3 aliphatic rings. The van der Waals surface area contributed by atoms with Gasteiger partial charge in [-0.25, -0.2) is 19.9 Å². The molecule has 19 rings (SSSR count). The van der Waals surface area contributed by atoms with E-state index in [0.717, 1.165) is 136 Å². The highest BCUT2D eigenvalue weighted by molar-refractivity contribution is 7.98. The first-order valence-electron chi connectivity index (χ1n) is 37.3. The van der Waals surface area contributed by atoms with Gasteiger partial charge in [-0.1, -0.05) is 62.4 Å². The molecule has 118 heavy (non-hydrogen) atoms. The molecule has 25 nitrogen and oxygen atoms in total. The third-order valence-corrected chi connectivity index (χ3v) is 20.6. The largest absolute Gasteiger partial charge is 0.435 e. The van der Waals surface area contributed by atoms with Crippen molar-refractivity contribution in [1.29, 1.82) is 0 Å². The van der Waals surface area contributed by atoms with Crippen LogP contribution in [-0.2, 0) is 23.2 Å². The summed E-state index contributed by atoms with van der Waals surface area (Å²) in [5.41, 5.74) is 32.3. The maximum Gasteiger partial charge on any atom is 0.416 e. The van der Waals surface area contributed by atoms with Crippen LogP contribution in [0.25, 0.3) is 67.9 Å². The number of rotatable bonds is 18. The first-order chi connectivity index (χ1) is 56.7. The van der Waals surface area contributed by atoms with Crippen LogP contribution in [0, 0.1) is 6.92 Å². The van der Waals surface area contributed by atoms with Crippen molar-refractivity contribution in [3.63, 3.8) is 0 Å². The van der Waals surface area contributed by atoms with Gasteiger partial charge in [0, 0.05) is 68.7 Å². The van der Waals surface area contributed by atoms with Gasteiger partial charge in [0.15, 0.2) is 0 Å². The number of benzene rings is 8. The monoisotopic (exact) mass is 1620 g/mol. The van der Waals surface area contributed by atoms with Gasteiger partial charge in [0.05, 0.1) is 55.3 Å². The van der Waals surface area contributed by atoms with Crippen LogP contribution >= 0.6 is 11.8 Å². The van der Waals surface area contributed by atoms with Crippen LogP contribution < -0.4 is 48.9 Å². The molecule has 0 amide bonds. The number of nitrogen functional groups attached to an aromatic ring is 4. The zero-order valence-electron chi connectivity index (χ0n) is 63.5. The van der Waals surface area contributed by atoms with Crippen LogP contribution in [0.2, 0.25) is 0 Å². The number of nitrogens with two attached hydrogens (primary N) is 4. The summed E-state index contributed by atoms with van der Waals surface area (Å²) in [5, 5.41) is 12.5. The molecule has 0 saturated heterocycles. The van der Waals surface area contributed by atoms with E-state index in [1.54, 1.807) is 42.1 Å². The fraction of sp³-hybridized carbons (Fsp3) is 0.190. The number of alkyl halides is 8. The van der Waals surface area contributed by atoms with Gasteiger partial charge < -0.3 is 48.9 Å². The van der Waals surface area contributed by atoms with Crippen molar-refractivity contribution in [3.8, 4) is 29.5 Å². The fourth-order valence-electron chi connectivity index (χ4n) is 13.3. The Kier molecular flexibility index (Phi) is 20.9. The van der Waals surface area contributed by atoms with E-state index in [1.165, 1.54) is 47.4 Å². The van der Waals surface area contributed by atoms with Gasteiger partial charge in [-0.2, -0.15) is 75.0 Å². The summed E-state index contributed by atoms with van der Waals surface area (Å²) in [7, 11) is 0. The normalized spacial score (nSPS) is 13.9. The first-order valence-corrected chi connectivity index (χ1v) is 38.5. The number of hydrogen-bond acceptors (Lipinski definition) is 22. The van der Waals surface area contributed by atoms with Crippen LogP contribution in [0.1, 0.15) is 92.7 Å². The van der Waals surface area contributed by atoms with E-state index < -0.39 is 30.1 Å². The molecule has 34 heteroatoms. The molecule has 3 aliphatic carbocycles. The number of anilines is 12. The van der Waals surface area contributed by atoms with Crippen molar-refractivity contribution < 1.29 is 39.9 Å². The summed E-state index contributed by atoms with van der Waals surface area (Å²) in [5.74, 6) is 8.67. The summed E-state index contributed by atoms with van der Waals surface area (Å²) >= 11 is 1.71. The Hall–Kier alpha value is -14.1. The molecule has 3 saturated carbocycles. The van der Waals surface area contributed by atoms with Crippen molar-refractivity contribution in [2.75, 3.05) is 50.5 Å². The lowest BCUT2D eigenvalue weighted by molar-refractivity contribution is -0.138. The van der Waals surface area contributed by atoms with Crippen LogP contribution in [0.15, 0.2) is 223 Å². The topological polar surface area (TPSA) is 336 Å². The highest BCUT2D eigenvalue weighted by atomic mass is 32.2. The minimum Gasteiger partial charge on any atom is -0.435 e. The highest BCUT2D eigenvalue weighted by Gasteiger charge is 2.46. The number of halogens is 8. The molecule has 0 spiro atoms. The van der Waals surface area contributed by atoms with E-state index >= 15 is 0 Å². The maximum atomic E-state index is 12.8. The third kappa shape index (κ3) is 17.3. The minimum atomic E-state index is -4.39. The molecule has 8 heterocycles. The molecule has 3 fully saturated rings. The fourth-order valence-corrected chi connectivity index (χ4v) is 13.7. The lowest BCUT2D eigenvalue weighted by atomic mass is 10.1. The summed E-state index contributed by atoms with van der Waals surface area (Å²) in [6.07, 6.45) is -0.448. The van der Waals surface area contributed by atoms with E-state index in [-0.39, 0.29) is 28.2 Å². The second-order valence-corrected chi connectivity index (χ2v) is 29.8. The number of nitrogens with zero attached hydrogens (tertiary/aromatic N) is 16. The zero-order chi connectivity index (χ0) is 82.4. The number of ether oxygens (including phenoxy) is 1. The molecule has 0 aliphatic heterocycles. The predicted octanol–water partition coefficient (Wildman–Crippen LogP) is 19.2. The van der Waals surface area contributed by atoms with E-state index in [4.69, 9.17) is 37.9 Å². The number of aryl methyl sites for hydroxylation is 1. The van der Waals surface area contributed by atoms with Crippen molar-refractivity contribution >= 4 is 125 Å². The number of thioether (sulfide) groups is 1. The molecule has 0 unspecified atom stereocenters. The van der Waals surface area contributed by atoms with Crippen molar-refractivity contribution in [1.82, 2.24) is 78.1 Å². The quantitative estimate of drug-likeness (QED) is 0.0292. The molecule has 0 atom stereocenters. The third-order valence-electron chi connectivity index (χ3n) is 19.9. The number of imidazole rings is 4. The molecule has 16 aromatic rings. The summed E-state index contributed by atoms with van der Waals surface area (Å²) < 4.78 is 114. The van der Waals surface area contributed by atoms with Gasteiger partial charge in [0.1, 0.15) is 75.6 Å². The Morgan fingerprint density at radius 1 is 0.398 bits per heavy atom. The van der Waals surface area contributed by atoms with Gasteiger partial charge in [0.25, 0.3) is 0 Å². The van der Waals surface area contributed by atoms with Crippen LogP contribution in [0.3, 0.4) is 0 Å². The second kappa shape index (κ2) is 31.6. The molecule has 12 N–H and O–H groups in total. The molecule has 8 aromatic heterocycles. The molecular formula is C84H74F8N24OS. The average Bonchev–Trinajstić information content (AvgIpc) is 1.59. The zero-order valence-corrected chi connectivity index (χ0v) is 64.3. The maximum absolute atomic E-state index is 12.8. The number of hydrogen-bond donors (Lipinski definition) is 8. The average molecular weight is 1620 g/mol. The van der Waals surface area contributed by atoms with E-state index in [0.29, 0.717) is 81.7 Å². The van der Waals surface area contributed by atoms with Gasteiger partial charge in [-0.15, -0.1) is 11.8 Å². The number of nitrogens with one attached hydrogen (secondary N) is 4. The minimum absolute atomic E-state index is 0.0128. The highest BCUT2D eigenvalue weighted by Crippen LogP contribution is 2.50. The lowest BCUT2D eigenvalue weighted by Gasteiger charge is -2.14. The van der Waals surface area contributed by atoms with Gasteiger partial charge in [-0.05, 0) is 197 Å². The first kappa shape index (κ1) is 77.9. The van der Waals surface area contributed by atoms with Crippen molar-refractivity contribution in [2.45, 2.75) is 99.9 Å². The molecule has 8 aromatic carbocycles. The van der Waals surface area contributed by atoms with Crippen LogP contribution in [-0.4, -0.2) is 90.9 Å². The van der Waals surface area contributed by atoms with Crippen molar-refractivity contribution in [2.24, 2.45) is 0 Å². The van der Waals surface area contributed by atoms with Crippen LogP contribution in [0.4, 0.5) is 104 Å². The van der Waals surface area contributed by atoms with Crippen LogP contribution in [0.5, 0.6) is 5.75 Å².